The van der Waals surface area contributed by atoms with Gasteiger partial charge in [0.25, 0.3) is 5.91 Å². The molecule has 1 aromatic heterocycles. The predicted molar refractivity (Wildman–Crippen MR) is 78.4 cm³/mol. The van der Waals surface area contributed by atoms with Gasteiger partial charge in [-0.05, 0) is 32.8 Å². The van der Waals surface area contributed by atoms with Gasteiger partial charge in [-0.3, -0.25) is 4.79 Å². The first-order chi connectivity index (χ1) is 9.28. The average Bonchev–Trinajstić information content (AvgIpc) is 2.70. The Morgan fingerprint density at radius 2 is 2.20 bits per heavy atom. The van der Waals surface area contributed by atoms with Crippen molar-refractivity contribution in [3.05, 3.63) is 18.0 Å². The highest BCUT2D eigenvalue weighted by atomic mass is 32.2. The summed E-state index contributed by atoms with van der Waals surface area (Å²) in [6.45, 7) is 3.92. The molecule has 1 aromatic rings. The van der Waals surface area contributed by atoms with Crippen molar-refractivity contribution in [2.45, 2.75) is 38.8 Å². The molecular weight excluding hydrogens is 278 g/mol. The molecule has 1 aliphatic heterocycles. The lowest BCUT2D eigenvalue weighted by Gasteiger charge is -2.23. The molecule has 3 N–H and O–H groups in total. The number of anilines is 1. The van der Waals surface area contributed by atoms with Gasteiger partial charge in [0, 0.05) is 18.3 Å². The van der Waals surface area contributed by atoms with E-state index in [4.69, 9.17) is 5.73 Å². The smallest absolute Gasteiger partial charge is 0.268 e. The van der Waals surface area contributed by atoms with Crippen LogP contribution in [0.5, 0.6) is 0 Å². The fourth-order valence-corrected chi connectivity index (χ4v) is 4.14. The Morgan fingerprint density at radius 3 is 2.80 bits per heavy atom. The van der Waals surface area contributed by atoms with Crippen molar-refractivity contribution in [3.63, 3.8) is 0 Å². The standard InChI is InChI=1S/C13H21N3O3S/c1-9(2)16-7-10(14)6-12(16)13(17)15-11-4-3-5-20(18,19)8-11/h6-7,9,11H,3-5,8,14H2,1-2H3,(H,15,17). The third kappa shape index (κ3) is 3.33. The van der Waals surface area contributed by atoms with Crippen LogP contribution in [0.3, 0.4) is 0 Å². The highest BCUT2D eigenvalue weighted by molar-refractivity contribution is 7.91. The molecule has 0 aliphatic carbocycles. The highest BCUT2D eigenvalue weighted by Crippen LogP contribution is 2.18. The molecule has 6 nitrogen and oxygen atoms in total. The lowest BCUT2D eigenvalue weighted by Crippen LogP contribution is -2.43. The number of aromatic nitrogens is 1. The van der Waals surface area contributed by atoms with Crippen molar-refractivity contribution in [1.29, 1.82) is 0 Å². The van der Waals surface area contributed by atoms with E-state index in [0.717, 1.165) is 0 Å². The number of nitrogens with two attached hydrogens (primary N) is 1. The number of hydrogen-bond acceptors (Lipinski definition) is 4. The van der Waals surface area contributed by atoms with E-state index in [1.165, 1.54) is 0 Å². The molecule has 0 saturated carbocycles. The number of nitrogens with one attached hydrogen (secondary N) is 1. The summed E-state index contributed by atoms with van der Waals surface area (Å²) in [6, 6.07) is 1.42. The van der Waals surface area contributed by atoms with Gasteiger partial charge in [0.15, 0.2) is 9.84 Å². The molecule has 1 fully saturated rings. The molecule has 0 aromatic carbocycles. The van der Waals surface area contributed by atoms with Crippen molar-refractivity contribution >= 4 is 21.4 Å². The zero-order valence-electron chi connectivity index (χ0n) is 11.8. The number of carbonyl (C=O) groups excluding carboxylic acids is 1. The normalized spacial score (nSPS) is 21.9. The minimum atomic E-state index is -3.03. The highest BCUT2D eigenvalue weighted by Gasteiger charge is 2.27. The summed E-state index contributed by atoms with van der Waals surface area (Å²) in [5, 5.41) is 2.80. The van der Waals surface area contributed by atoms with Crippen LogP contribution in [0.4, 0.5) is 5.69 Å². The molecule has 1 unspecified atom stereocenters. The lowest BCUT2D eigenvalue weighted by atomic mass is 10.2. The maximum Gasteiger partial charge on any atom is 0.268 e. The van der Waals surface area contributed by atoms with E-state index in [2.05, 4.69) is 5.32 Å². The Labute approximate surface area is 119 Å². The van der Waals surface area contributed by atoms with Crippen molar-refractivity contribution in [2.24, 2.45) is 0 Å². The minimum absolute atomic E-state index is 0.0244. The van der Waals surface area contributed by atoms with Crippen molar-refractivity contribution in [2.75, 3.05) is 17.2 Å². The largest absolute Gasteiger partial charge is 0.397 e. The van der Waals surface area contributed by atoms with Gasteiger partial charge in [-0.1, -0.05) is 0 Å². The van der Waals surface area contributed by atoms with E-state index < -0.39 is 9.84 Å². The van der Waals surface area contributed by atoms with Gasteiger partial charge in [-0.2, -0.15) is 0 Å². The van der Waals surface area contributed by atoms with Crippen LogP contribution in [0.2, 0.25) is 0 Å². The Hall–Kier alpha value is -1.50. The second-order valence-corrected chi connectivity index (χ2v) is 7.82. The van der Waals surface area contributed by atoms with Crippen LogP contribution in [0.1, 0.15) is 43.2 Å². The molecule has 0 spiro atoms. The van der Waals surface area contributed by atoms with Crippen molar-refractivity contribution in [1.82, 2.24) is 9.88 Å². The summed E-state index contributed by atoms with van der Waals surface area (Å²) < 4.78 is 25.0. The average molecular weight is 299 g/mol. The Bertz CT molecular complexity index is 604. The van der Waals surface area contributed by atoms with E-state index in [0.29, 0.717) is 24.2 Å². The monoisotopic (exact) mass is 299 g/mol. The van der Waals surface area contributed by atoms with E-state index in [-0.39, 0.29) is 29.5 Å². The third-order valence-electron chi connectivity index (χ3n) is 3.46. The summed E-state index contributed by atoms with van der Waals surface area (Å²) in [5.41, 5.74) is 6.74. The Kier molecular flexibility index (Phi) is 4.08. The number of carbonyl (C=O) groups is 1. The summed E-state index contributed by atoms with van der Waals surface area (Å²) in [4.78, 5) is 12.3. The molecule has 1 amide bonds. The fourth-order valence-electron chi connectivity index (χ4n) is 2.51. The molecule has 112 valence electrons. The SMILES string of the molecule is CC(C)n1cc(N)cc1C(=O)NC1CCCS(=O)(=O)C1. The number of hydrogen-bond donors (Lipinski definition) is 2. The number of rotatable bonds is 3. The summed E-state index contributed by atoms with van der Waals surface area (Å²) in [6.07, 6.45) is 3.01. The van der Waals surface area contributed by atoms with E-state index in [1.807, 2.05) is 13.8 Å². The van der Waals surface area contributed by atoms with E-state index in [1.54, 1.807) is 16.8 Å². The zero-order chi connectivity index (χ0) is 14.9. The Balaban J connectivity index is 2.12. The predicted octanol–water partition coefficient (Wildman–Crippen LogP) is 0.958. The topological polar surface area (TPSA) is 94.2 Å². The molecule has 1 saturated heterocycles. The summed E-state index contributed by atoms with van der Waals surface area (Å²) in [7, 11) is -3.03. The van der Waals surface area contributed by atoms with Gasteiger partial charge in [0.1, 0.15) is 5.69 Å². The van der Waals surface area contributed by atoms with E-state index >= 15 is 0 Å². The first kappa shape index (κ1) is 14.9. The van der Waals surface area contributed by atoms with E-state index in [9.17, 15) is 13.2 Å². The van der Waals surface area contributed by atoms with Crippen LogP contribution >= 0.6 is 0 Å². The molecule has 20 heavy (non-hydrogen) atoms. The quantitative estimate of drug-likeness (QED) is 0.869. The van der Waals surface area contributed by atoms with Gasteiger partial charge in [-0.15, -0.1) is 0 Å². The van der Waals surface area contributed by atoms with Crippen LogP contribution in [0.15, 0.2) is 12.3 Å². The first-order valence-corrected chi connectivity index (χ1v) is 8.59. The van der Waals surface area contributed by atoms with Crippen LogP contribution in [0.25, 0.3) is 0 Å². The van der Waals surface area contributed by atoms with Crippen molar-refractivity contribution in [3.8, 4) is 0 Å². The second-order valence-electron chi connectivity index (χ2n) is 5.59. The van der Waals surface area contributed by atoms with Gasteiger partial charge < -0.3 is 15.6 Å². The maximum atomic E-state index is 12.3. The zero-order valence-corrected chi connectivity index (χ0v) is 12.6. The summed E-state index contributed by atoms with van der Waals surface area (Å²) in [5.74, 6) is -0.0248. The first-order valence-electron chi connectivity index (χ1n) is 6.77. The number of amides is 1. The van der Waals surface area contributed by atoms with Crippen LogP contribution in [-0.2, 0) is 9.84 Å². The summed E-state index contributed by atoms with van der Waals surface area (Å²) >= 11 is 0. The molecule has 0 bridgehead atoms. The van der Waals surface area contributed by atoms with Gasteiger partial charge in [0.2, 0.25) is 0 Å². The number of nitrogen functional groups attached to an aromatic ring is 1. The minimum Gasteiger partial charge on any atom is -0.397 e. The van der Waals surface area contributed by atoms with Crippen molar-refractivity contribution < 1.29 is 13.2 Å². The molecule has 1 aliphatic rings. The van der Waals surface area contributed by atoms with Crippen LogP contribution in [-0.4, -0.2) is 36.4 Å². The molecular formula is C13H21N3O3S. The van der Waals surface area contributed by atoms with Gasteiger partial charge in [-0.25, -0.2) is 8.42 Å². The Morgan fingerprint density at radius 1 is 1.50 bits per heavy atom. The fraction of sp³-hybridized carbons (Fsp3) is 0.615. The molecule has 0 radical (unpaired) electrons. The number of nitrogens with zero attached hydrogens (tertiary/aromatic N) is 1. The van der Waals surface area contributed by atoms with Gasteiger partial charge in [0.05, 0.1) is 17.2 Å². The van der Waals surface area contributed by atoms with Gasteiger partial charge >= 0.3 is 0 Å². The lowest BCUT2D eigenvalue weighted by molar-refractivity contribution is 0.0927. The third-order valence-corrected chi connectivity index (χ3v) is 5.28. The molecule has 1 atom stereocenters. The molecule has 2 rings (SSSR count). The van der Waals surface area contributed by atoms with Crippen LogP contribution < -0.4 is 11.1 Å². The second kappa shape index (κ2) is 5.47. The maximum absolute atomic E-state index is 12.3. The molecule has 2 heterocycles. The number of sulfone groups is 1. The van der Waals surface area contributed by atoms with Crippen LogP contribution in [0, 0.1) is 0 Å². The molecule has 7 heteroatoms.